The molecule has 0 bridgehead atoms. The van der Waals surface area contributed by atoms with E-state index in [-0.39, 0.29) is 21.7 Å². The van der Waals surface area contributed by atoms with Crippen LogP contribution in [-0.2, 0) is 21.7 Å². The van der Waals surface area contributed by atoms with Gasteiger partial charge in [0.25, 0.3) is 0 Å². The van der Waals surface area contributed by atoms with Gasteiger partial charge in [-0.2, -0.15) is 0 Å². The largest absolute Gasteiger partial charge is 4.00 e. The van der Waals surface area contributed by atoms with Crippen LogP contribution in [0.1, 0.15) is 25.7 Å². The van der Waals surface area contributed by atoms with Gasteiger partial charge in [-0.3, -0.25) is 0 Å². The molecule has 0 aromatic carbocycles. The van der Waals surface area contributed by atoms with Crippen LogP contribution in [-0.4, -0.2) is 0 Å². The predicted molar refractivity (Wildman–Crippen MR) is 70.1 cm³/mol. The van der Waals surface area contributed by atoms with E-state index in [4.69, 9.17) is 0 Å². The smallest absolute Gasteiger partial charge is 0.333 e. The molecule has 0 amide bonds. The van der Waals surface area contributed by atoms with E-state index in [9.17, 15) is 0 Å². The molecule has 4 fully saturated rings. The summed E-state index contributed by atoms with van der Waals surface area (Å²) in [6.45, 7) is 0. The van der Waals surface area contributed by atoms with E-state index < -0.39 is 0 Å². The van der Waals surface area contributed by atoms with Gasteiger partial charge in [0, 0.05) is 0 Å². The van der Waals surface area contributed by atoms with E-state index in [0.29, 0.717) is 0 Å². The van der Waals surface area contributed by atoms with E-state index >= 15 is 0 Å². The van der Waals surface area contributed by atoms with Crippen LogP contribution >= 0.6 is 0 Å². The molecule has 4 saturated carbocycles. The van der Waals surface area contributed by atoms with Crippen molar-refractivity contribution in [1.29, 1.82) is 0 Å². The maximum atomic E-state index is 2.25. The Balaban J connectivity index is 0.000000202. The molecule has 1 heteroatoms. The van der Waals surface area contributed by atoms with Gasteiger partial charge in [-0.05, 0) is 64.2 Å². The fourth-order valence-electron chi connectivity index (χ4n) is 0.642. The Morgan fingerprint density at radius 3 is 0.588 bits per heavy atom. The molecule has 0 saturated heterocycles. The average molecular weight is 260 g/mol. The van der Waals surface area contributed by atoms with Gasteiger partial charge in [-0.1, -0.05) is 0 Å². The minimum absolute atomic E-state index is 0. The molecule has 4 aliphatic carbocycles. The minimum atomic E-state index is 0. The Morgan fingerprint density at radius 2 is 0.529 bits per heavy atom. The van der Waals surface area contributed by atoms with Crippen LogP contribution in [0.5, 0.6) is 0 Å². The first-order valence-corrected chi connectivity index (χ1v) is 5.97. The van der Waals surface area contributed by atoms with Crippen molar-refractivity contribution in [3.63, 3.8) is 0 Å². The Hall–Kier alpha value is 0.714. The van der Waals surface area contributed by atoms with Crippen molar-refractivity contribution in [1.82, 2.24) is 0 Å². The Labute approximate surface area is 124 Å². The molecular formula is C16H20Ti+2. The van der Waals surface area contributed by atoms with Crippen LogP contribution in [0.15, 0.2) is 0 Å². The van der Waals surface area contributed by atoms with E-state index in [1.807, 2.05) is 64.2 Å². The summed E-state index contributed by atoms with van der Waals surface area (Å²) in [5, 5.41) is 0. The average Bonchev–Trinajstić information content (AvgIpc) is 3.29. The Bertz CT molecular complexity index is 84.8. The second kappa shape index (κ2) is 14.8. The summed E-state index contributed by atoms with van der Waals surface area (Å²) in [4.78, 5) is 0. The van der Waals surface area contributed by atoms with Crippen LogP contribution < -0.4 is 0 Å². The van der Waals surface area contributed by atoms with Gasteiger partial charge in [-0.15, -0.1) is 0 Å². The van der Waals surface area contributed by atoms with Gasteiger partial charge in [-0.25, -0.2) is 25.7 Å². The van der Waals surface area contributed by atoms with Crippen LogP contribution in [0.2, 0.25) is 0 Å². The maximum absolute atomic E-state index is 2.25. The topological polar surface area (TPSA) is 0 Å². The third-order valence-corrected chi connectivity index (χ3v) is 1.69. The van der Waals surface area contributed by atoms with E-state index in [1.165, 1.54) is 25.7 Å². The van der Waals surface area contributed by atoms with Gasteiger partial charge < -0.3 is 12.8 Å². The Kier molecular flexibility index (Phi) is 15.4. The van der Waals surface area contributed by atoms with Crippen molar-refractivity contribution in [2.24, 2.45) is 0 Å². The first-order valence-electron chi connectivity index (χ1n) is 5.97. The summed E-state index contributed by atoms with van der Waals surface area (Å²) >= 11 is 0. The quantitative estimate of drug-likeness (QED) is 0.456. The summed E-state index contributed by atoms with van der Waals surface area (Å²) in [6, 6.07) is 0. The van der Waals surface area contributed by atoms with Crippen LogP contribution in [0.4, 0.5) is 0 Å². The third kappa shape index (κ3) is 22.4. The molecule has 0 atom stereocenters. The zero-order valence-electron chi connectivity index (χ0n) is 10.3. The summed E-state index contributed by atoms with van der Waals surface area (Å²) < 4.78 is 0. The summed E-state index contributed by atoms with van der Waals surface area (Å²) in [7, 11) is 0. The first-order chi connectivity index (χ1) is 8.00. The molecule has 0 unspecified atom stereocenters. The molecule has 0 N–H and O–H groups in total. The predicted octanol–water partition coefficient (Wildman–Crippen LogP) is 4.01. The van der Waals surface area contributed by atoms with Gasteiger partial charge >= 0.3 is 21.7 Å². The zero-order chi connectivity index (χ0) is 11.3. The molecule has 0 aliphatic heterocycles. The fraction of sp³-hybridized carbons (Fsp3) is 0.250. The standard InChI is InChI=1S/2C5H5.2C3H5.Ti/c2*1-2-4-5-3-1;2*1-2-3-1;/h2*1-5H;2*1H,2-3H2;/q;;2*-1;+4. The van der Waals surface area contributed by atoms with Crippen molar-refractivity contribution in [3.8, 4) is 0 Å². The number of hydrogen-bond acceptors (Lipinski definition) is 0. The SMILES string of the molecule is [CH-]1CC1.[CH-]1CC1.[CH]1[CH][CH][CH][CH]1.[CH]1[CH][CH][CH][CH]1.[Ti+4]. The molecule has 0 heterocycles. The second-order valence-electron chi connectivity index (χ2n) is 3.66. The third-order valence-electron chi connectivity index (χ3n) is 1.69. The van der Waals surface area contributed by atoms with E-state index in [2.05, 4.69) is 12.8 Å². The normalized spacial score (nSPS) is 22.6. The summed E-state index contributed by atoms with van der Waals surface area (Å²) in [6.07, 6.45) is 30.0. The van der Waals surface area contributed by atoms with Crippen molar-refractivity contribution >= 4 is 0 Å². The summed E-state index contributed by atoms with van der Waals surface area (Å²) in [5.74, 6) is 0. The molecule has 0 spiro atoms. The summed E-state index contributed by atoms with van der Waals surface area (Å²) in [5.41, 5.74) is 0. The monoisotopic (exact) mass is 260 g/mol. The maximum Gasteiger partial charge on any atom is 4.00 e. The van der Waals surface area contributed by atoms with Crippen molar-refractivity contribution < 1.29 is 21.7 Å². The Morgan fingerprint density at radius 1 is 0.412 bits per heavy atom. The minimum Gasteiger partial charge on any atom is -0.333 e. The van der Waals surface area contributed by atoms with Crippen LogP contribution in [0.3, 0.4) is 0 Å². The van der Waals surface area contributed by atoms with E-state index in [0.717, 1.165) is 0 Å². The molecule has 4 aliphatic rings. The van der Waals surface area contributed by atoms with Gasteiger partial charge in [0.05, 0.1) is 0 Å². The fourth-order valence-corrected chi connectivity index (χ4v) is 0.642. The van der Waals surface area contributed by atoms with Gasteiger partial charge in [0.1, 0.15) is 0 Å². The van der Waals surface area contributed by atoms with Gasteiger partial charge in [0.15, 0.2) is 0 Å². The molecule has 17 heavy (non-hydrogen) atoms. The number of hydrogen-bond donors (Lipinski definition) is 0. The number of rotatable bonds is 0. The van der Waals surface area contributed by atoms with Crippen LogP contribution in [0, 0.1) is 77.0 Å². The molecule has 0 aromatic rings. The van der Waals surface area contributed by atoms with E-state index in [1.54, 1.807) is 0 Å². The molecule has 10 radical (unpaired) electrons. The van der Waals surface area contributed by atoms with Crippen LogP contribution in [0.25, 0.3) is 0 Å². The zero-order valence-corrected chi connectivity index (χ0v) is 11.8. The molecule has 86 valence electrons. The molecule has 0 nitrogen and oxygen atoms in total. The van der Waals surface area contributed by atoms with Crippen molar-refractivity contribution in [2.75, 3.05) is 0 Å². The van der Waals surface area contributed by atoms with Crippen molar-refractivity contribution in [3.05, 3.63) is 77.0 Å². The second-order valence-corrected chi connectivity index (χ2v) is 3.66. The molecular weight excluding hydrogens is 240 g/mol. The molecule has 4 rings (SSSR count). The first kappa shape index (κ1) is 17.7. The van der Waals surface area contributed by atoms with Crippen molar-refractivity contribution in [2.45, 2.75) is 25.7 Å². The van der Waals surface area contributed by atoms with Gasteiger partial charge in [0.2, 0.25) is 0 Å². The molecule has 0 aromatic heterocycles.